The molecule has 0 unspecified atom stereocenters. The molecule has 4 nitrogen and oxygen atoms in total. The third kappa shape index (κ3) is 3.64. The van der Waals surface area contributed by atoms with Gasteiger partial charge in [-0.1, -0.05) is 66.7 Å². The van der Waals surface area contributed by atoms with Gasteiger partial charge in [0.1, 0.15) is 0 Å². The molecule has 0 radical (unpaired) electrons. The van der Waals surface area contributed by atoms with Crippen molar-refractivity contribution in [3.63, 3.8) is 0 Å². The Morgan fingerprint density at radius 2 is 1.54 bits per heavy atom. The van der Waals surface area contributed by atoms with Gasteiger partial charge in [-0.25, -0.2) is 0 Å². The molecule has 3 aromatic rings. The van der Waals surface area contributed by atoms with Gasteiger partial charge in [0, 0.05) is 11.1 Å². The van der Waals surface area contributed by atoms with Crippen molar-refractivity contribution in [1.82, 2.24) is 5.32 Å². The molecule has 0 saturated heterocycles. The van der Waals surface area contributed by atoms with E-state index in [2.05, 4.69) is 11.4 Å². The molecule has 4 heteroatoms. The van der Waals surface area contributed by atoms with E-state index in [1.165, 1.54) is 0 Å². The van der Waals surface area contributed by atoms with Crippen LogP contribution in [0.5, 0.6) is 0 Å². The number of hydrogen-bond donors (Lipinski definition) is 2. The Hall–Kier alpha value is -3.42. The number of hydrogen-bond acceptors (Lipinski definition) is 3. The van der Waals surface area contributed by atoms with Gasteiger partial charge in [0.05, 0.1) is 24.3 Å². The number of nitriles is 1. The van der Waals surface area contributed by atoms with Crippen molar-refractivity contribution in [1.29, 1.82) is 5.26 Å². The lowest BCUT2D eigenvalue weighted by molar-refractivity contribution is 0.0917. The molecule has 0 spiro atoms. The lowest BCUT2D eigenvalue weighted by atomic mass is 9.95. The van der Waals surface area contributed by atoms with E-state index in [1.807, 2.05) is 54.6 Å². The number of aliphatic hydroxyl groups excluding tert-OH is 1. The second-order valence-electron chi connectivity index (χ2n) is 5.82. The van der Waals surface area contributed by atoms with Crippen molar-refractivity contribution >= 4 is 5.91 Å². The molecule has 1 atom stereocenters. The molecule has 0 aliphatic carbocycles. The van der Waals surface area contributed by atoms with E-state index in [9.17, 15) is 15.2 Å². The van der Waals surface area contributed by atoms with Crippen molar-refractivity contribution in [2.75, 3.05) is 6.61 Å². The Morgan fingerprint density at radius 3 is 2.23 bits per heavy atom. The van der Waals surface area contributed by atoms with Crippen LogP contribution in [0.15, 0.2) is 78.9 Å². The Kier molecular flexibility index (Phi) is 5.43. The van der Waals surface area contributed by atoms with Gasteiger partial charge in [0.2, 0.25) is 0 Å². The summed E-state index contributed by atoms with van der Waals surface area (Å²) >= 11 is 0. The van der Waals surface area contributed by atoms with Crippen molar-refractivity contribution in [3.05, 3.63) is 95.6 Å². The molecular formula is C22H18N2O2. The highest BCUT2D eigenvalue weighted by atomic mass is 16.3. The Bertz CT molecular complexity index is 946. The number of aliphatic hydroxyl groups is 1. The summed E-state index contributed by atoms with van der Waals surface area (Å²) in [6.07, 6.45) is 0. The first kappa shape index (κ1) is 17.4. The smallest absolute Gasteiger partial charge is 0.252 e. The van der Waals surface area contributed by atoms with Crippen molar-refractivity contribution in [2.45, 2.75) is 6.04 Å². The summed E-state index contributed by atoms with van der Waals surface area (Å²) < 4.78 is 0. The van der Waals surface area contributed by atoms with E-state index < -0.39 is 6.04 Å². The normalized spacial score (nSPS) is 11.4. The highest BCUT2D eigenvalue weighted by Gasteiger charge is 2.18. The molecule has 0 heterocycles. The SMILES string of the molecule is N#Cc1ccccc1-c1ccccc1C(=O)N[C@H](CO)c1ccccc1. The molecule has 2 N–H and O–H groups in total. The summed E-state index contributed by atoms with van der Waals surface area (Å²) in [5.74, 6) is -0.295. The fraction of sp³-hybridized carbons (Fsp3) is 0.0909. The largest absolute Gasteiger partial charge is 0.394 e. The number of nitrogens with zero attached hydrogens (tertiary/aromatic N) is 1. The number of carbonyl (C=O) groups excluding carboxylic acids is 1. The maximum Gasteiger partial charge on any atom is 0.252 e. The predicted molar refractivity (Wildman–Crippen MR) is 100 cm³/mol. The van der Waals surface area contributed by atoms with Gasteiger partial charge in [-0.15, -0.1) is 0 Å². The first-order valence-corrected chi connectivity index (χ1v) is 8.29. The van der Waals surface area contributed by atoms with Crippen LogP contribution in [0.1, 0.15) is 27.5 Å². The zero-order chi connectivity index (χ0) is 18.4. The van der Waals surface area contributed by atoms with E-state index in [-0.39, 0.29) is 12.5 Å². The highest BCUT2D eigenvalue weighted by molar-refractivity contribution is 6.01. The summed E-state index contributed by atoms with van der Waals surface area (Å²) in [6, 6.07) is 25.3. The van der Waals surface area contributed by atoms with Crippen LogP contribution in [0, 0.1) is 11.3 Å². The molecule has 0 saturated carbocycles. The van der Waals surface area contributed by atoms with Gasteiger partial charge in [0.15, 0.2) is 0 Å². The van der Waals surface area contributed by atoms with Gasteiger partial charge in [-0.2, -0.15) is 5.26 Å². The second kappa shape index (κ2) is 8.11. The van der Waals surface area contributed by atoms with Gasteiger partial charge < -0.3 is 10.4 Å². The van der Waals surface area contributed by atoms with Crippen LogP contribution >= 0.6 is 0 Å². The third-order valence-corrected chi connectivity index (χ3v) is 4.20. The van der Waals surface area contributed by atoms with Gasteiger partial charge >= 0.3 is 0 Å². The van der Waals surface area contributed by atoms with Crippen LogP contribution in [-0.4, -0.2) is 17.6 Å². The Labute approximate surface area is 152 Å². The first-order chi connectivity index (χ1) is 12.7. The van der Waals surface area contributed by atoms with E-state index >= 15 is 0 Å². The quantitative estimate of drug-likeness (QED) is 0.743. The van der Waals surface area contributed by atoms with Crippen molar-refractivity contribution in [3.8, 4) is 17.2 Å². The number of benzene rings is 3. The zero-order valence-electron chi connectivity index (χ0n) is 14.1. The van der Waals surface area contributed by atoms with Gasteiger partial charge in [-0.05, 0) is 23.3 Å². The number of rotatable bonds is 5. The first-order valence-electron chi connectivity index (χ1n) is 8.29. The Balaban J connectivity index is 1.95. The number of amides is 1. The summed E-state index contributed by atoms with van der Waals surface area (Å²) in [5, 5.41) is 21.9. The minimum Gasteiger partial charge on any atom is -0.394 e. The van der Waals surface area contributed by atoms with Crippen LogP contribution < -0.4 is 5.32 Å². The summed E-state index contributed by atoms with van der Waals surface area (Å²) in [4.78, 5) is 12.9. The summed E-state index contributed by atoms with van der Waals surface area (Å²) in [5.41, 5.74) is 3.20. The van der Waals surface area contributed by atoms with Crippen molar-refractivity contribution in [2.24, 2.45) is 0 Å². The average Bonchev–Trinajstić information content (AvgIpc) is 2.72. The van der Waals surface area contributed by atoms with Crippen LogP contribution in [0.3, 0.4) is 0 Å². The van der Waals surface area contributed by atoms with E-state index in [0.29, 0.717) is 22.3 Å². The third-order valence-electron chi connectivity index (χ3n) is 4.20. The summed E-state index contributed by atoms with van der Waals surface area (Å²) in [6.45, 7) is -0.202. The number of carbonyl (C=O) groups is 1. The fourth-order valence-electron chi connectivity index (χ4n) is 2.89. The molecular weight excluding hydrogens is 324 g/mol. The molecule has 0 fully saturated rings. The van der Waals surface area contributed by atoms with Crippen LogP contribution in [0.2, 0.25) is 0 Å². The highest BCUT2D eigenvalue weighted by Crippen LogP contribution is 2.27. The average molecular weight is 342 g/mol. The second-order valence-corrected chi connectivity index (χ2v) is 5.82. The molecule has 0 aromatic heterocycles. The standard InChI is InChI=1S/C22H18N2O2/c23-14-17-10-4-5-11-18(17)19-12-6-7-13-20(19)22(26)24-21(15-25)16-8-2-1-3-9-16/h1-13,21,25H,15H2,(H,24,26)/t21-/m1/s1. The molecule has 26 heavy (non-hydrogen) atoms. The van der Waals surface area contributed by atoms with Gasteiger partial charge in [0.25, 0.3) is 5.91 Å². The zero-order valence-corrected chi connectivity index (χ0v) is 14.1. The van der Waals surface area contributed by atoms with E-state index in [0.717, 1.165) is 5.56 Å². The van der Waals surface area contributed by atoms with Crippen LogP contribution in [-0.2, 0) is 0 Å². The Morgan fingerprint density at radius 1 is 0.923 bits per heavy atom. The number of nitrogens with one attached hydrogen (secondary N) is 1. The predicted octanol–water partition coefficient (Wildman–Crippen LogP) is 3.69. The van der Waals surface area contributed by atoms with E-state index in [1.54, 1.807) is 24.3 Å². The van der Waals surface area contributed by atoms with Crippen molar-refractivity contribution < 1.29 is 9.90 Å². The maximum absolute atomic E-state index is 12.9. The molecule has 3 rings (SSSR count). The molecule has 128 valence electrons. The van der Waals surface area contributed by atoms with E-state index in [4.69, 9.17) is 0 Å². The molecule has 0 bridgehead atoms. The topological polar surface area (TPSA) is 73.1 Å². The van der Waals surface area contributed by atoms with Crippen LogP contribution in [0.4, 0.5) is 0 Å². The lowest BCUT2D eigenvalue weighted by Gasteiger charge is -2.18. The fourth-order valence-corrected chi connectivity index (χ4v) is 2.89. The molecule has 1 amide bonds. The minimum atomic E-state index is -0.497. The minimum absolute atomic E-state index is 0.202. The molecule has 0 aliphatic heterocycles. The lowest BCUT2D eigenvalue weighted by Crippen LogP contribution is -2.31. The van der Waals surface area contributed by atoms with Crippen LogP contribution in [0.25, 0.3) is 11.1 Å². The molecule has 0 aliphatic rings. The maximum atomic E-state index is 12.9. The van der Waals surface area contributed by atoms with Gasteiger partial charge in [-0.3, -0.25) is 4.79 Å². The monoisotopic (exact) mass is 342 g/mol. The summed E-state index contributed by atoms with van der Waals surface area (Å²) in [7, 11) is 0. The molecule has 3 aromatic carbocycles.